The first-order valence-electron chi connectivity index (χ1n) is 7.38. The van der Waals surface area contributed by atoms with Crippen molar-refractivity contribution in [1.82, 2.24) is 0 Å². The number of rotatable bonds is 8. The molecule has 0 radical (unpaired) electrons. The largest absolute Gasteiger partial charge is 0.418 e. The van der Waals surface area contributed by atoms with Crippen molar-refractivity contribution in [2.24, 2.45) is 0 Å². The van der Waals surface area contributed by atoms with Crippen LogP contribution in [0, 0.1) is 0 Å². The van der Waals surface area contributed by atoms with E-state index in [9.17, 15) is 13.2 Å². The van der Waals surface area contributed by atoms with Gasteiger partial charge in [-0.25, -0.2) is 0 Å². The Morgan fingerprint density at radius 3 is 2.08 bits per heavy atom. The van der Waals surface area contributed by atoms with Crippen LogP contribution in [-0.2, 0) is 27.4 Å². The first-order chi connectivity index (χ1) is 11.5. The molecule has 0 aromatic heterocycles. The van der Waals surface area contributed by atoms with Crippen molar-refractivity contribution >= 4 is 0 Å². The Labute approximate surface area is 139 Å². The lowest BCUT2D eigenvalue weighted by atomic mass is 10.1. The average Bonchev–Trinajstić information content (AvgIpc) is 2.56. The van der Waals surface area contributed by atoms with E-state index < -0.39 is 12.3 Å². The molecule has 24 heavy (non-hydrogen) atoms. The Morgan fingerprint density at radius 1 is 0.875 bits per heavy atom. The molecule has 0 saturated carbocycles. The topological polar surface area (TPSA) is 27.7 Å². The van der Waals surface area contributed by atoms with E-state index in [1.54, 1.807) is 42.5 Å². The molecule has 0 bridgehead atoms. The molecule has 1 atom stereocenters. The Bertz CT molecular complexity index is 597. The summed E-state index contributed by atoms with van der Waals surface area (Å²) in [6.07, 6.45) is -6.45. The second kappa shape index (κ2) is 8.82. The van der Waals surface area contributed by atoms with Crippen molar-refractivity contribution in [3.05, 3.63) is 71.3 Å². The third kappa shape index (κ3) is 5.63. The Hall–Kier alpha value is -1.89. The van der Waals surface area contributed by atoms with Crippen LogP contribution in [0.5, 0.6) is 0 Å². The quantitative estimate of drug-likeness (QED) is 0.518. The molecule has 0 aliphatic carbocycles. The summed E-state index contributed by atoms with van der Waals surface area (Å²) in [6.45, 7) is 0.298. The van der Waals surface area contributed by atoms with Gasteiger partial charge in [-0.3, -0.25) is 0 Å². The zero-order chi connectivity index (χ0) is 17.4. The zero-order valence-corrected chi connectivity index (χ0v) is 13.3. The van der Waals surface area contributed by atoms with Gasteiger partial charge in [-0.05, 0) is 16.7 Å². The van der Waals surface area contributed by atoms with Gasteiger partial charge >= 0.3 is 6.18 Å². The highest BCUT2D eigenvalue weighted by molar-refractivity contribution is 5.25. The second-order valence-electron chi connectivity index (χ2n) is 5.21. The van der Waals surface area contributed by atoms with Gasteiger partial charge in [0, 0.05) is 7.11 Å². The van der Waals surface area contributed by atoms with Gasteiger partial charge in [-0.15, -0.1) is 0 Å². The molecular formula is C18H19F3O3. The molecule has 0 N–H and O–H groups in total. The molecule has 0 heterocycles. The molecule has 130 valence electrons. The third-order valence-electron chi connectivity index (χ3n) is 3.31. The van der Waals surface area contributed by atoms with Crippen LogP contribution in [0.4, 0.5) is 13.2 Å². The highest BCUT2D eigenvalue weighted by Crippen LogP contribution is 2.36. The fourth-order valence-electron chi connectivity index (χ4n) is 2.16. The molecule has 0 saturated heterocycles. The molecule has 2 aromatic rings. The fourth-order valence-corrected chi connectivity index (χ4v) is 2.16. The number of halogens is 3. The number of hydrogen-bond acceptors (Lipinski definition) is 3. The van der Waals surface area contributed by atoms with Crippen LogP contribution in [-0.4, -0.2) is 20.1 Å². The van der Waals surface area contributed by atoms with Gasteiger partial charge in [0.2, 0.25) is 0 Å². The van der Waals surface area contributed by atoms with Gasteiger partial charge in [0.05, 0.1) is 13.2 Å². The predicted molar refractivity (Wildman–Crippen MR) is 83.1 cm³/mol. The summed E-state index contributed by atoms with van der Waals surface area (Å²) in [5, 5.41) is 0. The monoisotopic (exact) mass is 340 g/mol. The van der Waals surface area contributed by atoms with E-state index >= 15 is 0 Å². The Morgan fingerprint density at radius 2 is 1.50 bits per heavy atom. The van der Waals surface area contributed by atoms with Crippen LogP contribution in [0.3, 0.4) is 0 Å². The van der Waals surface area contributed by atoms with Gasteiger partial charge in [0.15, 0.2) is 6.10 Å². The van der Waals surface area contributed by atoms with Crippen LogP contribution >= 0.6 is 0 Å². The molecule has 0 fully saturated rings. The summed E-state index contributed by atoms with van der Waals surface area (Å²) in [5.41, 5.74) is 1.52. The van der Waals surface area contributed by atoms with Crippen LogP contribution in [0.15, 0.2) is 54.6 Å². The summed E-state index contributed by atoms with van der Waals surface area (Å²) in [5.74, 6) is 0. The molecule has 1 unspecified atom stereocenters. The SMILES string of the molecule is COCOCc1ccc(C(OCc2ccccc2)C(F)(F)F)cc1. The van der Waals surface area contributed by atoms with Gasteiger partial charge in [0.1, 0.15) is 6.79 Å². The van der Waals surface area contributed by atoms with Gasteiger partial charge in [-0.2, -0.15) is 13.2 Å². The number of ether oxygens (including phenoxy) is 3. The van der Waals surface area contributed by atoms with E-state index in [0.717, 1.165) is 5.56 Å². The summed E-state index contributed by atoms with van der Waals surface area (Å²) in [6, 6.07) is 14.8. The van der Waals surface area contributed by atoms with Crippen molar-refractivity contribution in [2.75, 3.05) is 13.9 Å². The molecule has 2 rings (SSSR count). The molecular weight excluding hydrogens is 321 g/mol. The van der Waals surface area contributed by atoms with E-state index in [2.05, 4.69) is 0 Å². The predicted octanol–water partition coefficient (Wildman–Crippen LogP) is 4.63. The van der Waals surface area contributed by atoms with Crippen molar-refractivity contribution in [3.8, 4) is 0 Å². The summed E-state index contributed by atoms with van der Waals surface area (Å²) in [4.78, 5) is 0. The number of alkyl halides is 3. The maximum absolute atomic E-state index is 13.3. The van der Waals surface area contributed by atoms with Crippen molar-refractivity contribution in [1.29, 1.82) is 0 Å². The average molecular weight is 340 g/mol. The van der Waals surface area contributed by atoms with Gasteiger partial charge in [-0.1, -0.05) is 54.6 Å². The highest BCUT2D eigenvalue weighted by atomic mass is 19.4. The summed E-state index contributed by atoms with van der Waals surface area (Å²) < 4.78 is 54.9. The molecule has 6 heteroatoms. The van der Waals surface area contributed by atoms with Crippen LogP contribution in [0.1, 0.15) is 22.8 Å². The molecule has 0 spiro atoms. The number of methoxy groups -OCH3 is 1. The second-order valence-corrected chi connectivity index (χ2v) is 5.21. The van der Waals surface area contributed by atoms with Gasteiger partial charge < -0.3 is 14.2 Å². The lowest BCUT2D eigenvalue weighted by Gasteiger charge is -2.21. The summed E-state index contributed by atoms with van der Waals surface area (Å²) >= 11 is 0. The first-order valence-corrected chi connectivity index (χ1v) is 7.38. The van der Waals surface area contributed by atoms with E-state index in [0.29, 0.717) is 5.56 Å². The molecule has 0 aliphatic heterocycles. The molecule has 0 amide bonds. The highest BCUT2D eigenvalue weighted by Gasteiger charge is 2.41. The van der Waals surface area contributed by atoms with E-state index in [1.807, 2.05) is 0 Å². The number of benzene rings is 2. The lowest BCUT2D eigenvalue weighted by Crippen LogP contribution is -2.23. The maximum atomic E-state index is 13.3. The fraction of sp³-hybridized carbons (Fsp3) is 0.333. The number of hydrogen-bond donors (Lipinski definition) is 0. The first kappa shape index (κ1) is 18.4. The molecule has 3 nitrogen and oxygen atoms in total. The third-order valence-corrected chi connectivity index (χ3v) is 3.31. The minimum Gasteiger partial charge on any atom is -0.359 e. The minimum atomic E-state index is -4.48. The smallest absolute Gasteiger partial charge is 0.359 e. The van der Waals surface area contributed by atoms with Crippen molar-refractivity contribution < 1.29 is 27.4 Å². The normalized spacial score (nSPS) is 13.0. The van der Waals surface area contributed by atoms with E-state index in [4.69, 9.17) is 14.2 Å². The molecule has 0 aliphatic rings. The van der Waals surface area contributed by atoms with E-state index in [-0.39, 0.29) is 25.6 Å². The van der Waals surface area contributed by atoms with Crippen LogP contribution in [0.2, 0.25) is 0 Å². The van der Waals surface area contributed by atoms with Crippen LogP contribution in [0.25, 0.3) is 0 Å². The Balaban J connectivity index is 2.04. The lowest BCUT2D eigenvalue weighted by molar-refractivity contribution is -0.227. The molecule has 2 aromatic carbocycles. The van der Waals surface area contributed by atoms with Crippen LogP contribution < -0.4 is 0 Å². The van der Waals surface area contributed by atoms with Gasteiger partial charge in [0.25, 0.3) is 0 Å². The van der Waals surface area contributed by atoms with E-state index in [1.165, 1.54) is 19.2 Å². The van der Waals surface area contributed by atoms with Crippen molar-refractivity contribution in [2.45, 2.75) is 25.5 Å². The maximum Gasteiger partial charge on any atom is 0.418 e. The standard InChI is InChI=1S/C18H19F3O3/c1-22-13-23-11-15-7-9-16(10-8-15)17(18(19,20)21)24-12-14-5-3-2-4-6-14/h2-10,17H,11-13H2,1H3. The minimum absolute atomic E-state index is 0.0638. The summed E-state index contributed by atoms with van der Waals surface area (Å²) in [7, 11) is 1.50. The van der Waals surface area contributed by atoms with Crippen molar-refractivity contribution in [3.63, 3.8) is 0 Å². The zero-order valence-electron chi connectivity index (χ0n) is 13.3. The Kier molecular flexibility index (Phi) is 6.78.